The van der Waals surface area contributed by atoms with Crippen LogP contribution in [0.2, 0.25) is 0 Å². The van der Waals surface area contributed by atoms with Crippen molar-refractivity contribution in [2.45, 2.75) is 33.4 Å². The number of likely N-dealkylation sites (N-methyl/N-ethyl adjacent to an activating group) is 1. The lowest BCUT2D eigenvalue weighted by atomic mass is 9.91. The third-order valence-corrected chi connectivity index (χ3v) is 5.32. The lowest BCUT2D eigenvalue weighted by Gasteiger charge is -2.35. The van der Waals surface area contributed by atoms with Crippen LogP contribution in [-0.2, 0) is 17.9 Å². The molecule has 0 saturated carbocycles. The first-order valence-electron chi connectivity index (χ1n) is 10.3. The average molecular weight is 398 g/mol. The number of nitrogens with zero attached hydrogens (tertiary/aromatic N) is 2. The van der Waals surface area contributed by atoms with Gasteiger partial charge in [0.1, 0.15) is 0 Å². The molecule has 6 nitrogen and oxygen atoms in total. The maximum absolute atomic E-state index is 12.1. The molecular formula is C23H31N3O3. The number of piperidine rings is 1. The molecule has 1 fully saturated rings. The maximum atomic E-state index is 12.1. The van der Waals surface area contributed by atoms with Crippen LogP contribution in [-0.4, -0.2) is 48.3 Å². The van der Waals surface area contributed by atoms with Crippen LogP contribution < -0.4 is 5.32 Å². The number of amides is 2. The molecule has 2 amide bonds. The van der Waals surface area contributed by atoms with Crippen molar-refractivity contribution in [1.29, 1.82) is 0 Å². The molecule has 1 aliphatic heterocycles. The van der Waals surface area contributed by atoms with Crippen LogP contribution in [0.25, 0.3) is 0 Å². The molecule has 0 radical (unpaired) electrons. The molecule has 1 saturated heterocycles. The molecule has 0 unspecified atom stereocenters. The minimum atomic E-state index is -0.309. The van der Waals surface area contributed by atoms with E-state index in [-0.39, 0.29) is 24.1 Å². The summed E-state index contributed by atoms with van der Waals surface area (Å²) in [7, 11) is 1.58. The Kier molecular flexibility index (Phi) is 7.09. The summed E-state index contributed by atoms with van der Waals surface area (Å²) in [5, 5.41) is 2.87. The summed E-state index contributed by atoms with van der Waals surface area (Å²) in [5.41, 5.74) is 2.34. The molecule has 3 rings (SSSR count). The fourth-order valence-electron chi connectivity index (χ4n) is 4.07. The zero-order chi connectivity index (χ0) is 20.8. The molecular weight excluding hydrogens is 366 g/mol. The van der Waals surface area contributed by atoms with Crippen molar-refractivity contribution in [3.05, 3.63) is 59.5 Å². The summed E-state index contributed by atoms with van der Waals surface area (Å²) in [4.78, 5) is 28.1. The first kappa shape index (κ1) is 21.1. The van der Waals surface area contributed by atoms with E-state index in [1.165, 1.54) is 23.1 Å². The average Bonchev–Trinajstić information content (AvgIpc) is 3.20. The van der Waals surface area contributed by atoms with E-state index in [1.807, 2.05) is 0 Å². The topological polar surface area (TPSA) is 65.8 Å². The van der Waals surface area contributed by atoms with Crippen LogP contribution in [0.4, 0.5) is 0 Å². The van der Waals surface area contributed by atoms with Crippen molar-refractivity contribution in [2.75, 3.05) is 26.7 Å². The molecule has 1 aromatic carbocycles. The third kappa shape index (κ3) is 6.19. The first-order chi connectivity index (χ1) is 13.9. The number of nitrogens with one attached hydrogen (secondary N) is 1. The Balaban J connectivity index is 1.43. The Morgan fingerprint density at radius 3 is 2.38 bits per heavy atom. The van der Waals surface area contributed by atoms with Crippen LogP contribution in [0.1, 0.15) is 41.9 Å². The van der Waals surface area contributed by atoms with Crippen LogP contribution in [0.5, 0.6) is 0 Å². The fourth-order valence-corrected chi connectivity index (χ4v) is 4.07. The summed E-state index contributed by atoms with van der Waals surface area (Å²) in [6.07, 6.45) is 2.76. The van der Waals surface area contributed by atoms with E-state index in [9.17, 15) is 9.59 Å². The molecule has 0 aliphatic carbocycles. The van der Waals surface area contributed by atoms with Crippen LogP contribution >= 0.6 is 0 Å². The Labute approximate surface area is 172 Å². The third-order valence-electron chi connectivity index (χ3n) is 5.32. The number of carbonyl (C=O) groups excluding carboxylic acids is 2. The predicted octanol–water partition coefficient (Wildman–Crippen LogP) is 3.15. The highest BCUT2D eigenvalue weighted by atomic mass is 16.3. The van der Waals surface area contributed by atoms with E-state index in [0.717, 1.165) is 37.0 Å². The van der Waals surface area contributed by atoms with Gasteiger partial charge in [-0.05, 0) is 41.5 Å². The Morgan fingerprint density at radius 1 is 1.10 bits per heavy atom. The van der Waals surface area contributed by atoms with E-state index >= 15 is 0 Å². The highest BCUT2D eigenvalue weighted by Crippen LogP contribution is 2.22. The van der Waals surface area contributed by atoms with E-state index < -0.39 is 0 Å². The van der Waals surface area contributed by atoms with Crippen molar-refractivity contribution < 1.29 is 14.0 Å². The van der Waals surface area contributed by atoms with E-state index in [0.29, 0.717) is 6.54 Å². The van der Waals surface area contributed by atoms with Gasteiger partial charge in [0.25, 0.3) is 5.91 Å². The smallest absolute Gasteiger partial charge is 0.289 e. The van der Waals surface area contributed by atoms with E-state index in [1.54, 1.807) is 19.2 Å². The zero-order valence-electron chi connectivity index (χ0n) is 17.6. The second kappa shape index (κ2) is 9.74. The molecule has 156 valence electrons. The first-order valence-corrected chi connectivity index (χ1v) is 10.3. The van der Waals surface area contributed by atoms with Gasteiger partial charge >= 0.3 is 0 Å². The van der Waals surface area contributed by atoms with Crippen LogP contribution in [0.15, 0.2) is 47.1 Å². The minimum absolute atomic E-state index is 0.0110. The standard InChI is InChI=1S/C23H31N3O3/c1-17-11-18(2)14-26(13-17)15-20-8-6-19(7-9-20)12-24-22(27)16-25(3)23(28)21-5-4-10-29-21/h4-10,17-18H,11-16H2,1-3H3,(H,24,27)/t17-,18-/m0/s1. The van der Waals surface area contributed by atoms with Gasteiger partial charge in [0, 0.05) is 33.2 Å². The number of likely N-dealkylation sites (tertiary alicyclic amines) is 1. The monoisotopic (exact) mass is 397 g/mol. The van der Waals surface area contributed by atoms with Gasteiger partial charge in [0.15, 0.2) is 5.76 Å². The Morgan fingerprint density at radius 2 is 1.76 bits per heavy atom. The second-order valence-electron chi connectivity index (χ2n) is 8.37. The molecule has 2 aromatic rings. The van der Waals surface area contributed by atoms with Gasteiger partial charge in [-0.25, -0.2) is 0 Å². The normalized spacial score (nSPS) is 19.7. The quantitative estimate of drug-likeness (QED) is 0.779. The Hall–Kier alpha value is -2.60. The summed E-state index contributed by atoms with van der Waals surface area (Å²) < 4.78 is 5.08. The number of furan rings is 1. The molecule has 2 atom stereocenters. The lowest BCUT2D eigenvalue weighted by molar-refractivity contribution is -0.121. The van der Waals surface area contributed by atoms with Crippen LogP contribution in [0, 0.1) is 11.8 Å². The van der Waals surface area contributed by atoms with Gasteiger partial charge in [-0.3, -0.25) is 14.5 Å². The molecule has 2 heterocycles. The maximum Gasteiger partial charge on any atom is 0.289 e. The molecule has 6 heteroatoms. The van der Waals surface area contributed by atoms with E-state index in [4.69, 9.17) is 4.42 Å². The predicted molar refractivity (Wildman–Crippen MR) is 112 cm³/mol. The van der Waals surface area contributed by atoms with Crippen molar-refractivity contribution in [3.8, 4) is 0 Å². The van der Waals surface area contributed by atoms with Gasteiger partial charge < -0.3 is 14.6 Å². The Bertz CT molecular complexity index is 791. The van der Waals surface area contributed by atoms with Crippen molar-refractivity contribution in [2.24, 2.45) is 11.8 Å². The second-order valence-corrected chi connectivity index (χ2v) is 8.37. The largest absolute Gasteiger partial charge is 0.459 e. The summed E-state index contributed by atoms with van der Waals surface area (Å²) in [6.45, 7) is 8.38. The van der Waals surface area contributed by atoms with Crippen LogP contribution in [0.3, 0.4) is 0 Å². The van der Waals surface area contributed by atoms with Gasteiger partial charge in [-0.1, -0.05) is 38.1 Å². The fraction of sp³-hybridized carbons (Fsp3) is 0.478. The lowest BCUT2D eigenvalue weighted by Crippen LogP contribution is -2.38. The SMILES string of the molecule is C[C@H]1C[C@H](C)CN(Cc2ccc(CNC(=O)CN(C)C(=O)c3ccco3)cc2)C1. The number of hydrogen-bond donors (Lipinski definition) is 1. The highest BCUT2D eigenvalue weighted by molar-refractivity contribution is 5.94. The highest BCUT2D eigenvalue weighted by Gasteiger charge is 2.21. The van der Waals surface area contributed by atoms with Crippen molar-refractivity contribution in [3.63, 3.8) is 0 Å². The molecule has 0 bridgehead atoms. The van der Waals surface area contributed by atoms with Crippen molar-refractivity contribution >= 4 is 11.8 Å². The van der Waals surface area contributed by atoms with Crippen molar-refractivity contribution in [1.82, 2.24) is 15.1 Å². The summed E-state index contributed by atoms with van der Waals surface area (Å²) in [5.74, 6) is 1.23. The van der Waals surface area contributed by atoms with Gasteiger partial charge in [-0.15, -0.1) is 0 Å². The summed E-state index contributed by atoms with van der Waals surface area (Å²) >= 11 is 0. The van der Waals surface area contributed by atoms with E-state index in [2.05, 4.69) is 48.3 Å². The molecule has 1 aliphatic rings. The number of benzene rings is 1. The molecule has 1 N–H and O–H groups in total. The zero-order valence-corrected chi connectivity index (χ0v) is 17.6. The molecule has 29 heavy (non-hydrogen) atoms. The van der Waals surface area contributed by atoms with Gasteiger partial charge in [0.05, 0.1) is 12.8 Å². The summed E-state index contributed by atoms with van der Waals surface area (Å²) in [6, 6.07) is 11.6. The number of carbonyl (C=O) groups is 2. The number of hydrogen-bond acceptors (Lipinski definition) is 4. The number of rotatable bonds is 7. The van der Waals surface area contributed by atoms with Gasteiger partial charge in [-0.2, -0.15) is 0 Å². The van der Waals surface area contributed by atoms with Gasteiger partial charge in [0.2, 0.25) is 5.91 Å². The molecule has 1 aromatic heterocycles. The molecule has 0 spiro atoms. The minimum Gasteiger partial charge on any atom is -0.459 e.